The molecule has 0 saturated heterocycles. The van der Waals surface area contributed by atoms with Crippen molar-refractivity contribution in [2.45, 2.75) is 42.9 Å². The van der Waals surface area contributed by atoms with E-state index in [1.807, 2.05) is 22.7 Å². The van der Waals surface area contributed by atoms with E-state index in [9.17, 15) is 0 Å². The molecule has 5 aliphatic carbocycles. The Hall–Kier alpha value is -18.1. The zero-order chi connectivity index (χ0) is 97.3. The van der Waals surface area contributed by atoms with Crippen molar-refractivity contribution in [1.82, 2.24) is 29.9 Å². The molecule has 0 aliphatic heterocycles. The predicted octanol–water partition coefficient (Wildman–Crippen LogP) is 36.8. The van der Waals surface area contributed by atoms with Crippen LogP contribution in [0.5, 0.6) is 0 Å². The molecule has 0 radical (unpaired) electrons. The molecular formula is C139H86N6OS2. The third-order valence-corrected chi connectivity index (χ3v) is 35.2. The molecule has 6 heterocycles. The first kappa shape index (κ1) is 84.4. The van der Waals surface area contributed by atoms with Gasteiger partial charge in [-0.05, 0) is 223 Å². The van der Waals surface area contributed by atoms with Crippen molar-refractivity contribution in [3.05, 3.63) is 517 Å². The highest BCUT2D eigenvalue weighted by Gasteiger charge is 2.54. The number of hydrogen-bond donors (Lipinski definition) is 0. The van der Waals surface area contributed by atoms with Crippen LogP contribution in [0.2, 0.25) is 0 Å². The molecule has 7 nitrogen and oxygen atoms in total. The first-order valence-corrected chi connectivity index (χ1v) is 52.9. The molecule has 0 bridgehead atoms. The number of thiophene rings is 2. The normalized spacial score (nSPS) is 13.6. The van der Waals surface area contributed by atoms with Crippen LogP contribution in [0.25, 0.3) is 251 Å². The third kappa shape index (κ3) is 11.9. The van der Waals surface area contributed by atoms with Gasteiger partial charge in [-0.1, -0.05) is 408 Å². The van der Waals surface area contributed by atoms with E-state index in [1.54, 1.807) is 0 Å². The minimum atomic E-state index is -0.443. The maximum atomic E-state index is 6.55. The molecule has 22 aromatic carbocycles. The number of fused-ring (bicyclic) bond motifs is 44. The summed E-state index contributed by atoms with van der Waals surface area (Å²) in [7, 11) is 0. The van der Waals surface area contributed by atoms with Crippen LogP contribution in [-0.4, -0.2) is 29.9 Å². The van der Waals surface area contributed by atoms with E-state index in [0.29, 0.717) is 5.82 Å². The van der Waals surface area contributed by atoms with Gasteiger partial charge in [0.15, 0.2) is 17.5 Å². The van der Waals surface area contributed by atoms with Gasteiger partial charge in [-0.25, -0.2) is 29.9 Å². The summed E-state index contributed by atoms with van der Waals surface area (Å²) in [5.74, 6) is 2.23. The number of aromatic nitrogens is 6. The van der Waals surface area contributed by atoms with Crippen LogP contribution in [-0.2, 0) is 16.2 Å². The summed E-state index contributed by atoms with van der Waals surface area (Å²) in [4.78, 5) is 32.8. The molecule has 9 heteroatoms. The van der Waals surface area contributed by atoms with E-state index in [0.717, 1.165) is 135 Å². The second-order valence-corrected chi connectivity index (χ2v) is 42.1. The highest BCUT2D eigenvalue weighted by Crippen LogP contribution is 2.67. The SMILES string of the molecule is CCC1(CC)c2ccccc2-c2ccc(-c3nc(-c4ccccc4)c4ccc5sc6ccc7ccccc7c6c5c4n3)cc21.c1ccc(-c2nc(-c3ccc4c(c3)-c3ccccc3C43c4ccccc4-c4ccccc43)nc3c2ccc2sc4ccc5ccccc5c4c23)cc1.c1ccc(-c2nc(-c3cccc4c3-c3ccccc3C43c4ccccc4-c4ccccc43)nc3c2ccc2oc4ccc5ccccc5c4c23)cc1. The Morgan fingerprint density at radius 3 is 1.02 bits per heavy atom. The fourth-order valence-electron chi connectivity index (χ4n) is 26.7. The van der Waals surface area contributed by atoms with Crippen molar-refractivity contribution in [3.63, 3.8) is 0 Å². The van der Waals surface area contributed by atoms with E-state index >= 15 is 0 Å². The fraction of sp³-hybridized carbons (Fsp3) is 0.0504. The predicted molar refractivity (Wildman–Crippen MR) is 616 cm³/mol. The molecule has 28 aromatic rings. The van der Waals surface area contributed by atoms with Gasteiger partial charge in [0, 0.05) is 101 Å². The van der Waals surface area contributed by atoms with Gasteiger partial charge >= 0.3 is 0 Å². The molecule has 0 fully saturated rings. The van der Waals surface area contributed by atoms with Crippen molar-refractivity contribution >= 4 is 150 Å². The standard InChI is InChI=1S/C49H28N2O.C49H28N2S.C41H30N2S/c1-2-14-30(15-3-1)46-36-26-28-42-45(44-31-16-5-4-13-29(31)25-27-41(44)52-42)47(36)51-48(50-46)35-20-12-24-40-43(35)34-19-8-11-23-39(34)49(40)37-21-9-6-17-32(37)33-18-7-10-22-38(33)49;1-2-13-30(14-3-1)46-36-24-27-43-45(44-32-15-5-4-12-29(32)23-26-42(44)52-43)47(36)51-48(50-46)31-22-25-41-37(28-31)35-18-8-11-21-40(35)49(41)38-19-9-6-16-33(38)34-17-7-10-20-39(34)49;1-3-41(4-2)32-17-11-10-16-29(32)30-20-18-27(24-33(30)41)40-42-38(26-13-6-5-7-14-26)31-21-23-35-37(39(31)43-40)36-28-15-9-8-12-25(28)19-22-34(36)44-35/h2*1-28H;5-24H,3-4H2,1-2H3. The van der Waals surface area contributed by atoms with Crippen LogP contribution in [0.15, 0.2) is 465 Å². The second kappa shape index (κ2) is 32.4. The lowest BCUT2D eigenvalue weighted by molar-refractivity contribution is 0.490. The Labute approximate surface area is 860 Å². The summed E-state index contributed by atoms with van der Waals surface area (Å²) < 4.78 is 11.6. The van der Waals surface area contributed by atoms with Gasteiger partial charge in [0.1, 0.15) is 11.2 Å². The maximum Gasteiger partial charge on any atom is 0.161 e. The lowest BCUT2D eigenvalue weighted by atomic mass is 9.70. The summed E-state index contributed by atoms with van der Waals surface area (Å²) >= 11 is 3.69. The molecule has 0 amide bonds. The Bertz CT molecular complexity index is 10500. The highest BCUT2D eigenvalue weighted by molar-refractivity contribution is 7.26. The zero-order valence-electron chi connectivity index (χ0n) is 80.7. The molecule has 0 saturated carbocycles. The molecule has 33 rings (SSSR count). The van der Waals surface area contributed by atoms with Gasteiger partial charge < -0.3 is 4.42 Å². The minimum Gasteiger partial charge on any atom is -0.456 e. The number of hydrogen-bond acceptors (Lipinski definition) is 9. The van der Waals surface area contributed by atoms with Crippen molar-refractivity contribution in [3.8, 4) is 124 Å². The largest absolute Gasteiger partial charge is 0.456 e. The molecule has 690 valence electrons. The van der Waals surface area contributed by atoms with Crippen molar-refractivity contribution in [2.75, 3.05) is 0 Å². The van der Waals surface area contributed by atoms with Crippen LogP contribution < -0.4 is 0 Å². The minimum absolute atomic E-state index is 0.00319. The van der Waals surface area contributed by atoms with Crippen molar-refractivity contribution in [2.24, 2.45) is 0 Å². The highest BCUT2D eigenvalue weighted by atomic mass is 32.1. The summed E-state index contributed by atoms with van der Waals surface area (Å²) in [6.45, 7) is 4.65. The average Bonchev–Trinajstić information content (AvgIpc) is 1.50. The average molecular weight is 1920 g/mol. The quantitative estimate of drug-likeness (QED) is 0.150. The van der Waals surface area contributed by atoms with E-state index in [4.69, 9.17) is 34.3 Å². The van der Waals surface area contributed by atoms with Gasteiger partial charge in [-0.2, -0.15) is 0 Å². The molecule has 0 unspecified atom stereocenters. The zero-order valence-corrected chi connectivity index (χ0v) is 82.3. The Morgan fingerprint density at radius 2 is 0.527 bits per heavy atom. The van der Waals surface area contributed by atoms with Crippen LogP contribution >= 0.6 is 22.7 Å². The summed E-state index contributed by atoms with van der Waals surface area (Å²) in [5.41, 5.74) is 39.2. The molecule has 0 atom stereocenters. The Balaban J connectivity index is 0.000000101. The van der Waals surface area contributed by atoms with Gasteiger partial charge in [-0.15, -0.1) is 22.7 Å². The van der Waals surface area contributed by atoms with Gasteiger partial charge in [0.25, 0.3) is 0 Å². The molecule has 2 spiro atoms. The molecule has 0 N–H and O–H groups in total. The Morgan fingerprint density at radius 1 is 0.203 bits per heavy atom. The fourth-order valence-corrected chi connectivity index (χ4v) is 28.9. The monoisotopic (exact) mass is 1920 g/mol. The number of benzene rings is 22. The first-order valence-electron chi connectivity index (χ1n) is 51.2. The topological polar surface area (TPSA) is 90.5 Å². The number of furan rings is 1. The number of nitrogens with zero attached hydrogens (tertiary/aromatic N) is 6. The molecular weight excluding hydrogens is 1830 g/mol. The smallest absolute Gasteiger partial charge is 0.161 e. The summed E-state index contributed by atoms with van der Waals surface area (Å²) in [5, 5.41) is 17.6. The van der Waals surface area contributed by atoms with E-state index in [-0.39, 0.29) is 10.8 Å². The van der Waals surface area contributed by atoms with E-state index < -0.39 is 5.41 Å². The molecule has 5 aliphatic rings. The second-order valence-electron chi connectivity index (χ2n) is 39.9. The van der Waals surface area contributed by atoms with Crippen LogP contribution in [0.1, 0.15) is 82.3 Å². The van der Waals surface area contributed by atoms with Gasteiger partial charge in [-0.3, -0.25) is 0 Å². The van der Waals surface area contributed by atoms with Crippen molar-refractivity contribution < 1.29 is 4.42 Å². The maximum absolute atomic E-state index is 6.55. The summed E-state index contributed by atoms with van der Waals surface area (Å²) in [6, 6.07) is 167. The van der Waals surface area contributed by atoms with Crippen molar-refractivity contribution in [1.29, 1.82) is 0 Å². The first-order chi connectivity index (χ1) is 73.3. The molecule has 148 heavy (non-hydrogen) atoms. The van der Waals surface area contributed by atoms with Gasteiger partial charge in [0.05, 0.1) is 49.8 Å². The Kier molecular flexibility index (Phi) is 18.5. The van der Waals surface area contributed by atoms with Crippen LogP contribution in [0, 0.1) is 0 Å². The molecule has 6 aromatic heterocycles. The lowest BCUT2D eigenvalue weighted by Crippen LogP contribution is -2.25. The van der Waals surface area contributed by atoms with Gasteiger partial charge in [0.2, 0.25) is 0 Å². The van der Waals surface area contributed by atoms with E-state index in [1.165, 1.54) is 179 Å². The van der Waals surface area contributed by atoms with Crippen LogP contribution in [0.4, 0.5) is 0 Å². The lowest BCUT2D eigenvalue weighted by Gasteiger charge is -2.30. The van der Waals surface area contributed by atoms with Crippen LogP contribution in [0.3, 0.4) is 0 Å². The number of rotatable bonds is 8. The third-order valence-electron chi connectivity index (χ3n) is 33.0. The van der Waals surface area contributed by atoms with E-state index in [2.05, 4.69) is 475 Å². The summed E-state index contributed by atoms with van der Waals surface area (Å²) in [6.07, 6.45) is 2.11.